The molecule has 1 saturated carbocycles. The molecule has 0 saturated heterocycles. The van der Waals surface area contributed by atoms with Gasteiger partial charge in [0.05, 0.1) is 12.8 Å². The van der Waals surface area contributed by atoms with Gasteiger partial charge in [0.25, 0.3) is 0 Å². The molecule has 0 heterocycles. The van der Waals surface area contributed by atoms with Gasteiger partial charge in [0.2, 0.25) is 0 Å². The van der Waals surface area contributed by atoms with Crippen LogP contribution in [0.25, 0.3) is 0 Å². The molecule has 5 nitrogen and oxygen atoms in total. The van der Waals surface area contributed by atoms with Gasteiger partial charge in [-0.3, -0.25) is 5.32 Å². The first-order chi connectivity index (χ1) is 9.37. The lowest BCUT2D eigenvalue weighted by molar-refractivity contribution is 0.0635. The van der Waals surface area contributed by atoms with E-state index in [1.807, 2.05) is 39.0 Å². The molecule has 1 fully saturated rings. The van der Waals surface area contributed by atoms with E-state index < -0.39 is 11.7 Å². The third kappa shape index (κ3) is 4.33. The maximum atomic E-state index is 11.8. The Kier molecular flexibility index (Phi) is 4.06. The number of anilines is 2. The van der Waals surface area contributed by atoms with Gasteiger partial charge in [0, 0.05) is 11.7 Å². The minimum atomic E-state index is -0.527. The van der Waals surface area contributed by atoms with Crippen LogP contribution < -0.4 is 15.4 Å². The van der Waals surface area contributed by atoms with Crippen LogP contribution in [0.15, 0.2) is 18.2 Å². The number of methoxy groups -OCH3 is 1. The highest BCUT2D eigenvalue weighted by molar-refractivity contribution is 5.88. The van der Waals surface area contributed by atoms with Crippen molar-refractivity contribution in [2.24, 2.45) is 0 Å². The van der Waals surface area contributed by atoms with Crippen molar-refractivity contribution < 1.29 is 14.3 Å². The zero-order valence-electron chi connectivity index (χ0n) is 12.4. The molecule has 1 aliphatic carbocycles. The number of rotatable bonds is 4. The van der Waals surface area contributed by atoms with Crippen molar-refractivity contribution >= 4 is 17.5 Å². The molecule has 2 N–H and O–H groups in total. The zero-order chi connectivity index (χ0) is 14.8. The molecule has 0 aromatic heterocycles. The topological polar surface area (TPSA) is 59.6 Å². The van der Waals surface area contributed by atoms with Crippen LogP contribution in [0.4, 0.5) is 16.2 Å². The number of carbonyl (C=O) groups is 1. The summed E-state index contributed by atoms with van der Waals surface area (Å²) in [4.78, 5) is 11.8. The quantitative estimate of drug-likeness (QED) is 0.883. The van der Waals surface area contributed by atoms with Gasteiger partial charge in [0.15, 0.2) is 0 Å². The van der Waals surface area contributed by atoms with Gasteiger partial charge in [-0.2, -0.15) is 0 Å². The lowest BCUT2D eigenvalue weighted by atomic mass is 10.2. The normalized spacial score (nSPS) is 14.6. The van der Waals surface area contributed by atoms with Crippen molar-refractivity contribution in [2.45, 2.75) is 45.3 Å². The highest BCUT2D eigenvalue weighted by Crippen LogP contribution is 2.31. The third-order valence-electron chi connectivity index (χ3n) is 2.78. The Balaban J connectivity index is 2.08. The fourth-order valence-electron chi connectivity index (χ4n) is 1.77. The summed E-state index contributed by atoms with van der Waals surface area (Å²) in [6, 6.07) is 6.19. The molecule has 1 aromatic rings. The van der Waals surface area contributed by atoms with E-state index in [1.165, 1.54) is 12.8 Å². The Morgan fingerprint density at radius 2 is 2.00 bits per heavy atom. The van der Waals surface area contributed by atoms with E-state index in [-0.39, 0.29) is 0 Å². The molecule has 1 amide bonds. The third-order valence-corrected chi connectivity index (χ3v) is 2.78. The summed E-state index contributed by atoms with van der Waals surface area (Å²) < 4.78 is 10.5. The van der Waals surface area contributed by atoms with Gasteiger partial charge in [-0.05, 0) is 51.8 Å². The highest BCUT2D eigenvalue weighted by atomic mass is 16.6. The average Bonchev–Trinajstić information content (AvgIpc) is 3.10. The highest BCUT2D eigenvalue weighted by Gasteiger charge is 2.22. The molecular formula is C15H22N2O3. The van der Waals surface area contributed by atoms with Crippen molar-refractivity contribution in [3.05, 3.63) is 18.2 Å². The fraction of sp³-hybridized carbons (Fsp3) is 0.533. The number of hydrogen-bond donors (Lipinski definition) is 2. The summed E-state index contributed by atoms with van der Waals surface area (Å²) in [5, 5.41) is 6.11. The lowest BCUT2D eigenvalue weighted by Crippen LogP contribution is -2.27. The maximum Gasteiger partial charge on any atom is 0.412 e. The van der Waals surface area contributed by atoms with Gasteiger partial charge in [-0.15, -0.1) is 0 Å². The molecule has 0 radical (unpaired) electrons. The average molecular weight is 278 g/mol. The predicted octanol–water partition coefficient (Wildman–Crippen LogP) is 3.62. The molecule has 0 atom stereocenters. The Morgan fingerprint density at radius 3 is 2.55 bits per heavy atom. The first-order valence-electron chi connectivity index (χ1n) is 6.82. The molecule has 0 unspecified atom stereocenters. The summed E-state index contributed by atoms with van der Waals surface area (Å²) >= 11 is 0. The number of ether oxygens (including phenoxy) is 2. The second-order valence-electron chi connectivity index (χ2n) is 5.96. The number of amides is 1. The summed E-state index contributed by atoms with van der Waals surface area (Å²) in [6.07, 6.45) is 1.90. The van der Waals surface area contributed by atoms with Gasteiger partial charge < -0.3 is 14.8 Å². The van der Waals surface area contributed by atoms with E-state index in [9.17, 15) is 4.79 Å². The van der Waals surface area contributed by atoms with Crippen LogP contribution in [0, 0.1) is 0 Å². The van der Waals surface area contributed by atoms with E-state index in [4.69, 9.17) is 9.47 Å². The molecule has 0 bridgehead atoms. The largest absolute Gasteiger partial charge is 0.495 e. The van der Waals surface area contributed by atoms with Crippen LogP contribution in [-0.4, -0.2) is 24.8 Å². The molecule has 20 heavy (non-hydrogen) atoms. The van der Waals surface area contributed by atoms with Crippen LogP contribution >= 0.6 is 0 Å². The maximum absolute atomic E-state index is 11.8. The van der Waals surface area contributed by atoms with E-state index >= 15 is 0 Å². The number of carbonyl (C=O) groups excluding carboxylic acids is 1. The summed E-state index contributed by atoms with van der Waals surface area (Å²) in [7, 11) is 1.57. The van der Waals surface area contributed by atoms with Gasteiger partial charge >= 0.3 is 6.09 Å². The van der Waals surface area contributed by atoms with Crippen LogP contribution in [0.1, 0.15) is 33.6 Å². The zero-order valence-corrected chi connectivity index (χ0v) is 12.4. The summed E-state index contributed by atoms with van der Waals surface area (Å²) in [5.41, 5.74) is 1.05. The number of nitrogens with one attached hydrogen (secondary N) is 2. The molecule has 2 rings (SSSR count). The fourth-order valence-corrected chi connectivity index (χ4v) is 1.77. The second-order valence-corrected chi connectivity index (χ2v) is 5.96. The Morgan fingerprint density at radius 1 is 1.30 bits per heavy atom. The SMILES string of the molecule is COc1ccc(NC2CC2)cc1NC(=O)OC(C)(C)C. The van der Waals surface area contributed by atoms with Gasteiger partial charge in [0.1, 0.15) is 11.4 Å². The van der Waals surface area contributed by atoms with E-state index in [1.54, 1.807) is 7.11 Å². The van der Waals surface area contributed by atoms with Crippen molar-refractivity contribution in [3.8, 4) is 5.75 Å². The number of benzene rings is 1. The molecule has 5 heteroatoms. The molecular weight excluding hydrogens is 256 g/mol. The Labute approximate surface area is 119 Å². The van der Waals surface area contributed by atoms with Crippen LogP contribution in [0.5, 0.6) is 5.75 Å². The van der Waals surface area contributed by atoms with Crippen molar-refractivity contribution in [3.63, 3.8) is 0 Å². The van der Waals surface area contributed by atoms with Gasteiger partial charge in [-0.1, -0.05) is 0 Å². The number of hydrogen-bond acceptors (Lipinski definition) is 4. The van der Waals surface area contributed by atoms with Crippen LogP contribution in [0.3, 0.4) is 0 Å². The molecule has 1 aromatic carbocycles. The second kappa shape index (κ2) is 5.61. The molecule has 0 spiro atoms. The molecule has 0 aliphatic heterocycles. The van der Waals surface area contributed by atoms with Gasteiger partial charge in [-0.25, -0.2) is 4.79 Å². The first kappa shape index (κ1) is 14.5. The first-order valence-corrected chi connectivity index (χ1v) is 6.82. The lowest BCUT2D eigenvalue weighted by Gasteiger charge is -2.20. The smallest absolute Gasteiger partial charge is 0.412 e. The van der Waals surface area contributed by atoms with E-state index in [0.717, 1.165) is 5.69 Å². The van der Waals surface area contributed by atoms with Crippen molar-refractivity contribution in [2.75, 3.05) is 17.7 Å². The summed E-state index contributed by atoms with van der Waals surface area (Å²) in [5.74, 6) is 0.609. The monoisotopic (exact) mass is 278 g/mol. The van der Waals surface area contributed by atoms with Crippen LogP contribution in [0.2, 0.25) is 0 Å². The minimum absolute atomic E-state index is 0.487. The molecule has 1 aliphatic rings. The Bertz CT molecular complexity index is 490. The van der Waals surface area contributed by atoms with Crippen molar-refractivity contribution in [1.82, 2.24) is 0 Å². The van der Waals surface area contributed by atoms with E-state index in [0.29, 0.717) is 17.5 Å². The standard InChI is InChI=1S/C15H22N2O3/c1-15(2,3)20-14(18)17-12-9-11(16-10-5-6-10)7-8-13(12)19-4/h7-10,16H,5-6H2,1-4H3,(H,17,18). The summed E-state index contributed by atoms with van der Waals surface area (Å²) in [6.45, 7) is 5.48. The van der Waals surface area contributed by atoms with Crippen molar-refractivity contribution in [1.29, 1.82) is 0 Å². The van der Waals surface area contributed by atoms with E-state index in [2.05, 4.69) is 10.6 Å². The van der Waals surface area contributed by atoms with Crippen LogP contribution in [-0.2, 0) is 4.74 Å². The Hall–Kier alpha value is -1.91. The minimum Gasteiger partial charge on any atom is -0.495 e. The molecule has 110 valence electrons. The predicted molar refractivity (Wildman–Crippen MR) is 79.5 cm³/mol.